The molecular formula is C19H21N3O2. The maximum absolute atomic E-state index is 12.4. The molecule has 0 bridgehead atoms. The van der Waals surface area contributed by atoms with E-state index in [4.69, 9.17) is 4.74 Å². The summed E-state index contributed by atoms with van der Waals surface area (Å²) in [5.74, 6) is 1.27. The minimum Gasteiger partial charge on any atom is -0.472 e. The number of aryl methyl sites for hydroxylation is 1. The van der Waals surface area contributed by atoms with Gasteiger partial charge in [0.1, 0.15) is 11.9 Å². The molecule has 0 radical (unpaired) electrons. The van der Waals surface area contributed by atoms with Crippen molar-refractivity contribution in [3.63, 3.8) is 0 Å². The Morgan fingerprint density at radius 3 is 2.92 bits per heavy atom. The predicted molar refractivity (Wildman–Crippen MR) is 92.5 cm³/mol. The Kier molecular flexibility index (Phi) is 5.21. The van der Waals surface area contributed by atoms with Gasteiger partial charge in [-0.2, -0.15) is 4.98 Å². The first kappa shape index (κ1) is 16.2. The molecule has 24 heavy (non-hydrogen) atoms. The van der Waals surface area contributed by atoms with E-state index in [1.165, 1.54) is 0 Å². The highest BCUT2D eigenvalue weighted by Gasteiger charge is 2.24. The van der Waals surface area contributed by atoms with Crippen molar-refractivity contribution in [3.05, 3.63) is 60.1 Å². The Morgan fingerprint density at radius 2 is 2.12 bits per heavy atom. The van der Waals surface area contributed by atoms with Gasteiger partial charge < -0.3 is 9.64 Å². The summed E-state index contributed by atoms with van der Waals surface area (Å²) in [6.07, 6.45) is 7.00. The highest BCUT2D eigenvalue weighted by molar-refractivity contribution is 5.91. The Hall–Kier alpha value is -2.69. The summed E-state index contributed by atoms with van der Waals surface area (Å²) in [7, 11) is 0. The summed E-state index contributed by atoms with van der Waals surface area (Å²) in [6.45, 7) is 3.18. The molecule has 2 aromatic rings. The fourth-order valence-corrected chi connectivity index (χ4v) is 2.74. The van der Waals surface area contributed by atoms with Crippen LogP contribution >= 0.6 is 0 Å². The van der Waals surface area contributed by atoms with Crippen molar-refractivity contribution >= 4 is 12.0 Å². The molecule has 2 heterocycles. The van der Waals surface area contributed by atoms with Crippen molar-refractivity contribution in [2.45, 2.75) is 25.9 Å². The molecule has 0 aliphatic carbocycles. The lowest BCUT2D eigenvalue weighted by Gasteiger charge is -2.32. The van der Waals surface area contributed by atoms with Crippen LogP contribution in [0.4, 0.5) is 0 Å². The van der Waals surface area contributed by atoms with E-state index >= 15 is 0 Å². The third-order valence-electron chi connectivity index (χ3n) is 3.95. The highest BCUT2D eigenvalue weighted by Crippen LogP contribution is 2.17. The van der Waals surface area contributed by atoms with E-state index < -0.39 is 0 Å². The van der Waals surface area contributed by atoms with Crippen LogP contribution in [0.2, 0.25) is 0 Å². The number of likely N-dealkylation sites (tertiary alicyclic amines) is 1. The molecule has 1 fully saturated rings. The standard InChI is InChI=1S/C19H21N3O2/c1-15-20-12-11-18(21-15)24-17-8-5-13-22(14-17)19(23)10-9-16-6-3-2-4-7-16/h2-4,6-7,9-12,17H,5,8,13-14H2,1H3/b10-9+/t17-/m1/s1. The van der Waals surface area contributed by atoms with Crippen molar-refractivity contribution in [2.24, 2.45) is 0 Å². The third-order valence-corrected chi connectivity index (χ3v) is 3.95. The molecule has 5 heteroatoms. The number of carbonyl (C=O) groups is 1. The van der Waals surface area contributed by atoms with Crippen molar-refractivity contribution in [3.8, 4) is 5.88 Å². The molecule has 1 aliphatic heterocycles. The first-order chi connectivity index (χ1) is 11.7. The van der Waals surface area contributed by atoms with Gasteiger partial charge in [-0.05, 0) is 31.4 Å². The molecule has 1 aromatic carbocycles. The lowest BCUT2D eigenvalue weighted by atomic mass is 10.1. The van der Waals surface area contributed by atoms with Gasteiger partial charge in [-0.3, -0.25) is 4.79 Å². The summed E-state index contributed by atoms with van der Waals surface area (Å²) in [5, 5.41) is 0. The molecule has 0 saturated carbocycles. The summed E-state index contributed by atoms with van der Waals surface area (Å²) in [4.78, 5) is 22.5. The van der Waals surface area contributed by atoms with Gasteiger partial charge >= 0.3 is 0 Å². The Labute approximate surface area is 142 Å². The zero-order chi connectivity index (χ0) is 16.8. The molecule has 124 valence electrons. The van der Waals surface area contributed by atoms with Crippen LogP contribution in [0.15, 0.2) is 48.7 Å². The number of benzene rings is 1. The van der Waals surface area contributed by atoms with E-state index in [0.717, 1.165) is 24.9 Å². The largest absolute Gasteiger partial charge is 0.472 e. The molecular weight excluding hydrogens is 302 g/mol. The first-order valence-electron chi connectivity index (χ1n) is 8.19. The van der Waals surface area contributed by atoms with E-state index in [9.17, 15) is 4.79 Å². The van der Waals surface area contributed by atoms with E-state index in [-0.39, 0.29) is 12.0 Å². The first-order valence-corrected chi connectivity index (χ1v) is 8.19. The third kappa shape index (κ3) is 4.41. The summed E-state index contributed by atoms with van der Waals surface area (Å²) < 4.78 is 5.91. The molecule has 0 N–H and O–H groups in total. The average Bonchev–Trinajstić information content (AvgIpc) is 2.61. The van der Waals surface area contributed by atoms with E-state index in [1.54, 1.807) is 18.3 Å². The van der Waals surface area contributed by atoms with Crippen LogP contribution in [-0.2, 0) is 4.79 Å². The maximum atomic E-state index is 12.4. The van der Waals surface area contributed by atoms with Gasteiger partial charge in [-0.1, -0.05) is 30.3 Å². The molecule has 1 amide bonds. The van der Waals surface area contributed by atoms with Crippen molar-refractivity contribution < 1.29 is 9.53 Å². The number of carbonyl (C=O) groups excluding carboxylic acids is 1. The SMILES string of the molecule is Cc1nccc(O[C@@H]2CCCN(C(=O)/C=C/c3ccccc3)C2)n1. The van der Waals surface area contributed by atoms with E-state index in [1.807, 2.05) is 48.2 Å². The maximum Gasteiger partial charge on any atom is 0.246 e. The fourth-order valence-electron chi connectivity index (χ4n) is 2.74. The Balaban J connectivity index is 1.58. The van der Waals surface area contributed by atoms with Crippen molar-refractivity contribution in [2.75, 3.05) is 13.1 Å². The summed E-state index contributed by atoms with van der Waals surface area (Å²) in [5.41, 5.74) is 1.02. The number of ether oxygens (including phenoxy) is 1. The molecule has 3 rings (SSSR count). The van der Waals surface area contributed by atoms with Gasteiger partial charge in [0.2, 0.25) is 11.8 Å². The summed E-state index contributed by atoms with van der Waals surface area (Å²) in [6, 6.07) is 11.6. The second kappa shape index (κ2) is 7.73. The van der Waals surface area contributed by atoms with Gasteiger partial charge in [0.05, 0.1) is 6.54 Å². The molecule has 1 atom stereocenters. The quantitative estimate of drug-likeness (QED) is 0.812. The Bertz CT molecular complexity index is 716. The van der Waals surface area contributed by atoms with E-state index in [2.05, 4.69) is 9.97 Å². The number of aromatic nitrogens is 2. The lowest BCUT2D eigenvalue weighted by Crippen LogP contribution is -2.43. The normalized spacial score (nSPS) is 17.9. The number of hydrogen-bond donors (Lipinski definition) is 0. The van der Waals surface area contributed by atoms with Crippen molar-refractivity contribution in [1.82, 2.24) is 14.9 Å². The number of piperidine rings is 1. The monoisotopic (exact) mass is 323 g/mol. The fraction of sp³-hybridized carbons (Fsp3) is 0.316. The number of amides is 1. The van der Waals surface area contributed by atoms with Gasteiger partial charge in [0.25, 0.3) is 0 Å². The van der Waals surface area contributed by atoms with Crippen molar-refractivity contribution in [1.29, 1.82) is 0 Å². The summed E-state index contributed by atoms with van der Waals surface area (Å²) >= 11 is 0. The molecule has 5 nitrogen and oxygen atoms in total. The van der Waals surface area contributed by atoms with Crippen LogP contribution in [0.3, 0.4) is 0 Å². The van der Waals surface area contributed by atoms with Crippen LogP contribution < -0.4 is 4.74 Å². The number of rotatable bonds is 4. The molecule has 0 spiro atoms. The van der Waals surface area contributed by atoms with Gasteiger partial charge in [-0.15, -0.1) is 0 Å². The molecule has 1 saturated heterocycles. The van der Waals surface area contributed by atoms with Crippen LogP contribution in [0.1, 0.15) is 24.2 Å². The molecule has 1 aliphatic rings. The predicted octanol–water partition coefficient (Wildman–Crippen LogP) is 2.87. The smallest absolute Gasteiger partial charge is 0.246 e. The highest BCUT2D eigenvalue weighted by atomic mass is 16.5. The average molecular weight is 323 g/mol. The zero-order valence-corrected chi connectivity index (χ0v) is 13.8. The number of hydrogen-bond acceptors (Lipinski definition) is 4. The second-order valence-electron chi connectivity index (χ2n) is 5.85. The lowest BCUT2D eigenvalue weighted by molar-refractivity contribution is -0.128. The minimum atomic E-state index is -0.0258. The molecule has 0 unspecified atom stereocenters. The minimum absolute atomic E-state index is 0.0195. The number of nitrogens with zero attached hydrogens (tertiary/aromatic N) is 3. The van der Waals surface area contributed by atoms with Crippen LogP contribution in [0, 0.1) is 6.92 Å². The molecule has 1 aromatic heterocycles. The van der Waals surface area contributed by atoms with Crippen LogP contribution in [-0.4, -0.2) is 40.0 Å². The van der Waals surface area contributed by atoms with Gasteiger partial charge in [0.15, 0.2) is 0 Å². The Morgan fingerprint density at radius 1 is 1.29 bits per heavy atom. The van der Waals surface area contributed by atoms with Gasteiger partial charge in [-0.25, -0.2) is 4.98 Å². The van der Waals surface area contributed by atoms with Crippen LogP contribution in [0.25, 0.3) is 6.08 Å². The zero-order valence-electron chi connectivity index (χ0n) is 13.8. The van der Waals surface area contributed by atoms with Gasteiger partial charge in [0, 0.05) is 24.9 Å². The second-order valence-corrected chi connectivity index (χ2v) is 5.85. The van der Waals surface area contributed by atoms with E-state index in [0.29, 0.717) is 18.2 Å². The van der Waals surface area contributed by atoms with Crippen LogP contribution in [0.5, 0.6) is 5.88 Å². The topological polar surface area (TPSA) is 55.3 Å².